The van der Waals surface area contributed by atoms with Gasteiger partial charge < -0.3 is 25.2 Å². The number of carbonyl (C=O) groups is 2. The molecule has 8 nitrogen and oxygen atoms in total. The first-order chi connectivity index (χ1) is 12.5. The molecule has 1 aromatic carbocycles. The van der Waals surface area contributed by atoms with Crippen LogP contribution in [-0.2, 0) is 4.79 Å². The van der Waals surface area contributed by atoms with Crippen LogP contribution in [0.2, 0.25) is 0 Å². The third kappa shape index (κ3) is 4.78. The van der Waals surface area contributed by atoms with Crippen LogP contribution in [0.15, 0.2) is 24.3 Å². The van der Waals surface area contributed by atoms with Gasteiger partial charge in [0.25, 0.3) is 0 Å². The van der Waals surface area contributed by atoms with Crippen LogP contribution in [0.5, 0.6) is 11.5 Å². The van der Waals surface area contributed by atoms with E-state index in [1.54, 1.807) is 0 Å². The third-order valence-electron chi connectivity index (χ3n) is 4.61. The van der Waals surface area contributed by atoms with Crippen molar-refractivity contribution >= 4 is 12.0 Å². The number of ether oxygens (including phenoxy) is 2. The second-order valence-electron chi connectivity index (χ2n) is 6.78. The molecule has 3 rings (SSSR count). The molecule has 2 heterocycles. The summed E-state index contributed by atoms with van der Waals surface area (Å²) in [4.78, 5) is 25.0. The summed E-state index contributed by atoms with van der Waals surface area (Å²) >= 11 is 0. The molecule has 2 aliphatic rings. The van der Waals surface area contributed by atoms with E-state index in [2.05, 4.69) is 15.5 Å². The predicted octanol–water partition coefficient (Wildman–Crippen LogP) is 1.06. The zero-order valence-corrected chi connectivity index (χ0v) is 14.8. The van der Waals surface area contributed by atoms with E-state index in [0.29, 0.717) is 13.2 Å². The maximum absolute atomic E-state index is 12.1. The fourth-order valence-electron chi connectivity index (χ4n) is 3.36. The molecule has 3 N–H and O–H groups in total. The second-order valence-corrected chi connectivity index (χ2v) is 6.78. The molecule has 26 heavy (non-hydrogen) atoms. The van der Waals surface area contributed by atoms with Gasteiger partial charge in [-0.1, -0.05) is 12.1 Å². The van der Waals surface area contributed by atoms with Crippen molar-refractivity contribution in [1.82, 2.24) is 15.5 Å². The number of carbonyl (C=O) groups excluding carboxylic acids is 1. The van der Waals surface area contributed by atoms with Crippen LogP contribution in [-0.4, -0.2) is 66.4 Å². The minimum atomic E-state index is -1.20. The SMILES string of the molecule is CC(NC(=O)O)C(=O)N[C@H]1CCCN(C[C@H]2COc3ccccc3O2)C1. The van der Waals surface area contributed by atoms with Crippen molar-refractivity contribution < 1.29 is 24.2 Å². The number of hydrogen-bond acceptors (Lipinski definition) is 5. The minimum absolute atomic E-state index is 0.00564. The van der Waals surface area contributed by atoms with Crippen LogP contribution in [0.25, 0.3) is 0 Å². The summed E-state index contributed by atoms with van der Waals surface area (Å²) in [6.45, 7) is 4.42. The number of fused-ring (bicyclic) bond motifs is 1. The van der Waals surface area contributed by atoms with Gasteiger partial charge in [-0.3, -0.25) is 9.69 Å². The summed E-state index contributed by atoms with van der Waals surface area (Å²) in [5.41, 5.74) is 0. The Hall–Kier alpha value is -2.48. The molecule has 0 radical (unpaired) electrons. The highest BCUT2D eigenvalue weighted by Crippen LogP contribution is 2.31. The zero-order valence-electron chi connectivity index (χ0n) is 14.8. The lowest BCUT2D eigenvalue weighted by atomic mass is 10.0. The molecule has 0 aliphatic carbocycles. The van der Waals surface area contributed by atoms with Gasteiger partial charge in [0, 0.05) is 19.1 Å². The maximum Gasteiger partial charge on any atom is 0.405 e. The van der Waals surface area contributed by atoms with Gasteiger partial charge >= 0.3 is 6.09 Å². The van der Waals surface area contributed by atoms with Crippen molar-refractivity contribution in [3.63, 3.8) is 0 Å². The smallest absolute Gasteiger partial charge is 0.405 e. The lowest BCUT2D eigenvalue weighted by Crippen LogP contribution is -2.54. The van der Waals surface area contributed by atoms with E-state index in [0.717, 1.165) is 37.4 Å². The molecule has 0 spiro atoms. The highest BCUT2D eigenvalue weighted by Gasteiger charge is 2.28. The quantitative estimate of drug-likeness (QED) is 0.723. The van der Waals surface area contributed by atoms with Gasteiger partial charge in [0.1, 0.15) is 18.8 Å². The predicted molar refractivity (Wildman–Crippen MR) is 94.6 cm³/mol. The fraction of sp³-hybridized carbons (Fsp3) is 0.556. The van der Waals surface area contributed by atoms with Gasteiger partial charge in [-0.15, -0.1) is 0 Å². The number of rotatable bonds is 5. The Morgan fingerprint density at radius 3 is 2.88 bits per heavy atom. The molecule has 2 aliphatic heterocycles. The largest absolute Gasteiger partial charge is 0.486 e. The molecular weight excluding hydrogens is 338 g/mol. The molecule has 1 saturated heterocycles. The average Bonchev–Trinajstić information content (AvgIpc) is 2.61. The van der Waals surface area contributed by atoms with Crippen LogP contribution in [0.4, 0.5) is 4.79 Å². The van der Waals surface area contributed by atoms with Crippen LogP contribution >= 0.6 is 0 Å². The summed E-state index contributed by atoms with van der Waals surface area (Å²) in [5.74, 6) is 1.23. The summed E-state index contributed by atoms with van der Waals surface area (Å²) in [5, 5.41) is 13.8. The lowest BCUT2D eigenvalue weighted by Gasteiger charge is -2.36. The van der Waals surface area contributed by atoms with Gasteiger partial charge in [-0.05, 0) is 38.4 Å². The van der Waals surface area contributed by atoms with Gasteiger partial charge in [-0.2, -0.15) is 0 Å². The molecule has 1 unspecified atom stereocenters. The average molecular weight is 363 g/mol. The number of nitrogens with one attached hydrogen (secondary N) is 2. The van der Waals surface area contributed by atoms with Crippen molar-refractivity contribution in [2.24, 2.45) is 0 Å². The minimum Gasteiger partial charge on any atom is -0.486 e. The third-order valence-corrected chi connectivity index (χ3v) is 4.61. The van der Waals surface area contributed by atoms with Crippen molar-refractivity contribution in [3.05, 3.63) is 24.3 Å². The molecule has 8 heteroatoms. The number of likely N-dealkylation sites (tertiary alicyclic amines) is 1. The molecule has 1 fully saturated rings. The van der Waals surface area contributed by atoms with Crippen molar-refractivity contribution in [1.29, 1.82) is 0 Å². The zero-order chi connectivity index (χ0) is 18.5. The Bertz CT molecular complexity index is 653. The van der Waals surface area contributed by atoms with Gasteiger partial charge in [-0.25, -0.2) is 4.79 Å². The molecule has 142 valence electrons. The normalized spacial score (nSPS) is 23.7. The first-order valence-corrected chi connectivity index (χ1v) is 8.92. The molecule has 2 amide bonds. The summed E-state index contributed by atoms with van der Waals surface area (Å²) < 4.78 is 11.8. The highest BCUT2D eigenvalue weighted by molar-refractivity contribution is 5.85. The Labute approximate surface area is 152 Å². The number of carboxylic acid groups (broad SMARTS) is 1. The number of para-hydroxylation sites is 2. The van der Waals surface area contributed by atoms with E-state index in [-0.39, 0.29) is 18.1 Å². The monoisotopic (exact) mass is 363 g/mol. The molecular formula is C18H25N3O5. The topological polar surface area (TPSA) is 100 Å². The Kier molecular flexibility index (Phi) is 5.82. The van der Waals surface area contributed by atoms with Crippen molar-refractivity contribution in [2.45, 2.75) is 38.0 Å². The van der Waals surface area contributed by atoms with E-state index in [1.807, 2.05) is 24.3 Å². The first kappa shape index (κ1) is 18.3. The van der Waals surface area contributed by atoms with Crippen LogP contribution in [0.3, 0.4) is 0 Å². The number of piperidine rings is 1. The van der Waals surface area contributed by atoms with Gasteiger partial charge in [0.05, 0.1) is 0 Å². The fourth-order valence-corrected chi connectivity index (χ4v) is 3.36. The van der Waals surface area contributed by atoms with E-state index in [9.17, 15) is 9.59 Å². The van der Waals surface area contributed by atoms with E-state index in [1.165, 1.54) is 6.92 Å². The standard InChI is InChI=1S/C18H25N3O5/c1-12(19-18(23)24)17(22)20-13-5-4-8-21(9-13)10-14-11-25-15-6-2-3-7-16(15)26-14/h2-3,6-7,12-14,19H,4-5,8-11H2,1H3,(H,20,22)(H,23,24)/t12?,13-,14-/m0/s1. The van der Waals surface area contributed by atoms with Crippen LogP contribution in [0, 0.1) is 0 Å². The number of hydrogen-bond donors (Lipinski definition) is 3. The van der Waals surface area contributed by atoms with Crippen LogP contribution < -0.4 is 20.1 Å². The molecule has 0 bridgehead atoms. The van der Waals surface area contributed by atoms with Gasteiger partial charge in [0.15, 0.2) is 11.5 Å². The Morgan fingerprint density at radius 1 is 1.35 bits per heavy atom. The lowest BCUT2D eigenvalue weighted by molar-refractivity contribution is -0.123. The number of benzene rings is 1. The van der Waals surface area contributed by atoms with E-state index < -0.39 is 12.1 Å². The molecule has 0 aromatic heterocycles. The number of amides is 2. The highest BCUT2D eigenvalue weighted by atomic mass is 16.6. The first-order valence-electron chi connectivity index (χ1n) is 8.92. The number of nitrogens with zero attached hydrogens (tertiary/aromatic N) is 1. The van der Waals surface area contributed by atoms with E-state index in [4.69, 9.17) is 14.6 Å². The molecule has 0 saturated carbocycles. The Morgan fingerprint density at radius 2 is 2.12 bits per heavy atom. The molecule has 3 atom stereocenters. The van der Waals surface area contributed by atoms with Gasteiger partial charge in [0.2, 0.25) is 5.91 Å². The molecule has 1 aromatic rings. The maximum atomic E-state index is 12.1. The van der Waals surface area contributed by atoms with Crippen molar-refractivity contribution in [2.75, 3.05) is 26.2 Å². The van der Waals surface area contributed by atoms with E-state index >= 15 is 0 Å². The summed E-state index contributed by atoms with van der Waals surface area (Å²) in [7, 11) is 0. The van der Waals surface area contributed by atoms with Crippen molar-refractivity contribution in [3.8, 4) is 11.5 Å². The van der Waals surface area contributed by atoms with Crippen LogP contribution in [0.1, 0.15) is 19.8 Å². The summed E-state index contributed by atoms with van der Waals surface area (Å²) in [6.07, 6.45) is 0.600. The second kappa shape index (κ2) is 8.27. The Balaban J connectivity index is 1.48. The summed E-state index contributed by atoms with van der Waals surface area (Å²) in [6, 6.07) is 6.87.